The molecule has 1 aromatic rings. The zero-order valence-electron chi connectivity index (χ0n) is 7.66. The fraction of sp³-hybridized carbons (Fsp3) is 0. The number of phenols is 1. The summed E-state index contributed by atoms with van der Waals surface area (Å²) in [6.07, 6.45) is 1.79. The molecular formula is C8H5IN2O5. The first kappa shape index (κ1) is 12.4. The van der Waals surface area contributed by atoms with Crippen LogP contribution in [0.5, 0.6) is 5.75 Å². The molecular weight excluding hydrogens is 331 g/mol. The molecule has 0 spiro atoms. The lowest BCUT2D eigenvalue weighted by Gasteiger charge is -2.00. The van der Waals surface area contributed by atoms with Crippen molar-refractivity contribution in [1.82, 2.24) is 0 Å². The maximum atomic E-state index is 10.5. The fourth-order valence-electron chi connectivity index (χ4n) is 0.987. The minimum absolute atomic E-state index is 0.259. The number of hydrogen-bond acceptors (Lipinski definition) is 5. The number of aromatic hydroxyl groups is 1. The van der Waals surface area contributed by atoms with E-state index in [1.807, 2.05) is 0 Å². The van der Waals surface area contributed by atoms with E-state index < -0.39 is 21.3 Å². The molecule has 0 aliphatic heterocycles. The highest BCUT2D eigenvalue weighted by Crippen LogP contribution is 2.32. The molecule has 1 aromatic carbocycles. The van der Waals surface area contributed by atoms with Crippen LogP contribution in [0.2, 0.25) is 0 Å². The minimum atomic E-state index is -0.749. The first-order chi connectivity index (χ1) is 7.41. The third kappa shape index (κ3) is 2.89. The van der Waals surface area contributed by atoms with Crippen LogP contribution < -0.4 is 0 Å². The van der Waals surface area contributed by atoms with Gasteiger partial charge in [0.15, 0.2) is 0 Å². The Hall–Kier alpha value is -1.71. The maximum Gasteiger partial charge on any atom is 0.312 e. The predicted octanol–water partition coefficient (Wildman–Crippen LogP) is 2.15. The van der Waals surface area contributed by atoms with E-state index in [4.69, 9.17) is 0 Å². The molecule has 84 valence electrons. The lowest BCUT2D eigenvalue weighted by atomic mass is 10.2. The zero-order chi connectivity index (χ0) is 12.3. The lowest BCUT2D eigenvalue weighted by molar-refractivity contribution is -0.401. The van der Waals surface area contributed by atoms with Crippen LogP contribution in [0.1, 0.15) is 5.56 Å². The molecule has 0 aliphatic carbocycles. The molecule has 0 amide bonds. The number of nitro groups is 2. The second-order valence-electron chi connectivity index (χ2n) is 2.73. The van der Waals surface area contributed by atoms with Crippen LogP contribution in [-0.4, -0.2) is 15.0 Å². The van der Waals surface area contributed by atoms with Crippen LogP contribution in [0, 0.1) is 23.8 Å². The fourth-order valence-corrected chi connectivity index (χ4v) is 1.62. The SMILES string of the molecule is O=[N+]([O-])/C=C\c1cc(I)c(O)c([N+](=O)[O-])c1. The van der Waals surface area contributed by atoms with E-state index in [2.05, 4.69) is 0 Å². The summed E-state index contributed by atoms with van der Waals surface area (Å²) >= 11 is 1.71. The molecule has 16 heavy (non-hydrogen) atoms. The third-order valence-corrected chi connectivity index (χ3v) is 2.47. The second kappa shape index (κ2) is 4.88. The Labute approximate surface area is 103 Å². The molecule has 0 fully saturated rings. The Morgan fingerprint density at radius 3 is 2.44 bits per heavy atom. The van der Waals surface area contributed by atoms with E-state index in [1.165, 1.54) is 6.07 Å². The van der Waals surface area contributed by atoms with Gasteiger partial charge >= 0.3 is 5.69 Å². The van der Waals surface area contributed by atoms with Crippen LogP contribution in [-0.2, 0) is 0 Å². The summed E-state index contributed by atoms with van der Waals surface area (Å²) < 4.78 is 0.259. The van der Waals surface area contributed by atoms with Crippen molar-refractivity contribution in [1.29, 1.82) is 0 Å². The highest BCUT2D eigenvalue weighted by Gasteiger charge is 2.17. The van der Waals surface area contributed by atoms with Crippen molar-refractivity contribution in [2.45, 2.75) is 0 Å². The number of benzene rings is 1. The summed E-state index contributed by atoms with van der Waals surface area (Å²) in [5.41, 5.74) is -0.194. The molecule has 0 atom stereocenters. The molecule has 1 N–H and O–H groups in total. The van der Waals surface area contributed by atoms with Crippen LogP contribution >= 0.6 is 22.6 Å². The molecule has 1 rings (SSSR count). The number of rotatable bonds is 3. The molecule has 0 radical (unpaired) electrons. The Bertz CT molecular complexity index is 486. The number of halogens is 1. The van der Waals surface area contributed by atoms with E-state index in [9.17, 15) is 25.3 Å². The van der Waals surface area contributed by atoms with Crippen molar-refractivity contribution in [3.63, 3.8) is 0 Å². The molecule has 0 saturated carbocycles. The highest BCUT2D eigenvalue weighted by atomic mass is 127. The van der Waals surface area contributed by atoms with E-state index in [0.717, 1.165) is 12.1 Å². The Balaban J connectivity index is 3.24. The Morgan fingerprint density at radius 1 is 1.31 bits per heavy atom. The van der Waals surface area contributed by atoms with Crippen molar-refractivity contribution in [3.05, 3.63) is 47.7 Å². The normalized spacial score (nSPS) is 10.6. The summed E-state index contributed by atoms with van der Waals surface area (Å²) in [5.74, 6) is -0.441. The number of phenolic OH excluding ortho intramolecular Hbond substituents is 1. The van der Waals surface area contributed by atoms with E-state index in [0.29, 0.717) is 6.20 Å². The van der Waals surface area contributed by atoms with Gasteiger partial charge in [0.2, 0.25) is 11.9 Å². The Kier molecular flexibility index (Phi) is 3.77. The topological polar surface area (TPSA) is 107 Å². The van der Waals surface area contributed by atoms with E-state index in [1.54, 1.807) is 22.6 Å². The van der Waals surface area contributed by atoms with Gasteiger partial charge in [-0.05, 0) is 34.2 Å². The molecule has 0 bridgehead atoms. The van der Waals surface area contributed by atoms with Crippen LogP contribution in [0.25, 0.3) is 6.08 Å². The van der Waals surface area contributed by atoms with Gasteiger partial charge < -0.3 is 5.11 Å². The van der Waals surface area contributed by atoms with Crippen LogP contribution in [0.4, 0.5) is 5.69 Å². The van der Waals surface area contributed by atoms with Crippen molar-refractivity contribution in [3.8, 4) is 5.75 Å². The molecule has 7 nitrogen and oxygen atoms in total. The largest absolute Gasteiger partial charge is 0.501 e. The van der Waals surface area contributed by atoms with Gasteiger partial charge in [0.1, 0.15) is 0 Å². The lowest BCUT2D eigenvalue weighted by Crippen LogP contribution is -1.92. The molecule has 0 unspecified atom stereocenters. The second-order valence-corrected chi connectivity index (χ2v) is 3.89. The first-order valence-corrected chi connectivity index (χ1v) is 4.98. The van der Waals surface area contributed by atoms with Gasteiger partial charge in [-0.1, -0.05) is 0 Å². The van der Waals surface area contributed by atoms with Gasteiger partial charge in [0.05, 0.1) is 13.4 Å². The molecule has 0 aliphatic rings. The van der Waals surface area contributed by atoms with Gasteiger partial charge in [-0.2, -0.15) is 0 Å². The number of hydrogen-bond donors (Lipinski definition) is 1. The van der Waals surface area contributed by atoms with Crippen molar-refractivity contribution in [2.24, 2.45) is 0 Å². The third-order valence-electron chi connectivity index (χ3n) is 1.65. The molecule has 0 saturated heterocycles. The van der Waals surface area contributed by atoms with Gasteiger partial charge in [-0.25, -0.2) is 0 Å². The van der Waals surface area contributed by atoms with Gasteiger partial charge in [-0.3, -0.25) is 20.2 Å². The van der Waals surface area contributed by atoms with Gasteiger partial charge in [-0.15, -0.1) is 0 Å². The Morgan fingerprint density at radius 2 is 1.94 bits per heavy atom. The average Bonchev–Trinajstić information content (AvgIpc) is 2.19. The standard InChI is InChI=1S/C8H5IN2O5/c9-6-3-5(1-2-10(13)14)4-7(8(6)12)11(15)16/h1-4,12H/b2-1-. The smallest absolute Gasteiger partial charge is 0.312 e. The number of nitrogens with zero attached hydrogens (tertiary/aromatic N) is 2. The van der Waals surface area contributed by atoms with Crippen LogP contribution in [0.15, 0.2) is 18.3 Å². The molecule has 8 heteroatoms. The van der Waals surface area contributed by atoms with Crippen LogP contribution in [0.3, 0.4) is 0 Å². The van der Waals surface area contributed by atoms with Crippen molar-refractivity contribution in [2.75, 3.05) is 0 Å². The van der Waals surface area contributed by atoms with Crippen molar-refractivity contribution >= 4 is 34.4 Å². The average molecular weight is 336 g/mol. The molecule has 0 aromatic heterocycles. The quantitative estimate of drug-likeness (QED) is 0.517. The highest BCUT2D eigenvalue weighted by molar-refractivity contribution is 14.1. The molecule has 0 heterocycles. The summed E-state index contributed by atoms with van der Waals surface area (Å²) in [7, 11) is 0. The first-order valence-electron chi connectivity index (χ1n) is 3.90. The predicted molar refractivity (Wildman–Crippen MR) is 63.5 cm³/mol. The minimum Gasteiger partial charge on any atom is -0.501 e. The summed E-state index contributed by atoms with van der Waals surface area (Å²) in [6, 6.07) is 2.47. The van der Waals surface area contributed by atoms with Crippen molar-refractivity contribution < 1.29 is 15.0 Å². The van der Waals surface area contributed by atoms with E-state index in [-0.39, 0.29) is 9.13 Å². The summed E-state index contributed by atoms with van der Waals surface area (Å²) in [6.45, 7) is 0. The van der Waals surface area contributed by atoms with Gasteiger partial charge in [0, 0.05) is 12.1 Å². The van der Waals surface area contributed by atoms with E-state index >= 15 is 0 Å². The summed E-state index contributed by atoms with van der Waals surface area (Å²) in [4.78, 5) is 19.2. The summed E-state index contributed by atoms with van der Waals surface area (Å²) in [5, 5.41) is 30.0. The monoisotopic (exact) mass is 336 g/mol. The number of nitro benzene ring substituents is 1. The zero-order valence-corrected chi connectivity index (χ0v) is 9.82. The maximum absolute atomic E-state index is 10.5. The van der Waals surface area contributed by atoms with Gasteiger partial charge in [0.25, 0.3) is 0 Å².